The van der Waals surface area contributed by atoms with Crippen molar-refractivity contribution in [1.82, 2.24) is 4.31 Å². The molecule has 0 radical (unpaired) electrons. The van der Waals surface area contributed by atoms with Crippen molar-refractivity contribution < 1.29 is 12.8 Å². The number of benzene rings is 1. The molecule has 23 heavy (non-hydrogen) atoms. The molecule has 1 aromatic heterocycles. The van der Waals surface area contributed by atoms with Crippen molar-refractivity contribution in [2.45, 2.75) is 15.9 Å². The second-order valence-corrected chi connectivity index (χ2v) is 10.3. The smallest absolute Gasteiger partial charge is 0.207 e. The molecule has 124 valence electrons. The number of thioether (sulfide) groups is 1. The molecule has 1 fully saturated rings. The topological polar surface area (TPSA) is 37.4 Å². The molecule has 0 amide bonds. The molecule has 0 N–H and O–H groups in total. The van der Waals surface area contributed by atoms with E-state index in [4.69, 9.17) is 11.6 Å². The molecule has 0 spiro atoms. The normalized spacial score (nSPS) is 20.3. The number of sulfonamides is 1. The molecule has 0 saturated carbocycles. The van der Waals surface area contributed by atoms with Gasteiger partial charge in [-0.25, -0.2) is 12.8 Å². The number of rotatable bonds is 3. The Morgan fingerprint density at radius 2 is 1.96 bits per heavy atom. The van der Waals surface area contributed by atoms with Crippen molar-refractivity contribution in [1.29, 1.82) is 0 Å². The first-order valence-electron chi connectivity index (χ1n) is 7.10. The maximum absolute atomic E-state index is 13.9. The maximum Gasteiger partial charge on any atom is 0.252 e. The first kappa shape index (κ1) is 17.2. The molecule has 0 bridgehead atoms. The van der Waals surface area contributed by atoms with Crippen LogP contribution in [0, 0.1) is 5.82 Å². The summed E-state index contributed by atoms with van der Waals surface area (Å²) in [6.07, 6.45) is 0.587. The quantitative estimate of drug-likeness (QED) is 0.777. The summed E-state index contributed by atoms with van der Waals surface area (Å²) in [4.78, 5) is 0. The molecule has 1 aliphatic heterocycles. The van der Waals surface area contributed by atoms with E-state index in [9.17, 15) is 12.8 Å². The average Bonchev–Trinajstić information content (AvgIpc) is 2.82. The van der Waals surface area contributed by atoms with Crippen LogP contribution in [0.1, 0.15) is 17.2 Å². The second-order valence-electron chi connectivity index (χ2n) is 5.13. The fourth-order valence-corrected chi connectivity index (χ4v) is 7.00. The monoisotopic (exact) mass is 391 g/mol. The van der Waals surface area contributed by atoms with Gasteiger partial charge < -0.3 is 0 Å². The highest BCUT2D eigenvalue weighted by Gasteiger charge is 2.30. The average molecular weight is 392 g/mol. The van der Waals surface area contributed by atoms with E-state index in [0.717, 1.165) is 11.3 Å². The van der Waals surface area contributed by atoms with E-state index in [2.05, 4.69) is 0 Å². The first-order chi connectivity index (χ1) is 11.0. The minimum absolute atomic E-state index is 0.0247. The molecule has 1 saturated heterocycles. The molecular weight excluding hydrogens is 377 g/mol. The SMILES string of the molecule is O=S(=O)(c1ccc(Cl)s1)N1CCS[C@@H](c2ccccc2F)CC1. The van der Waals surface area contributed by atoms with Crippen LogP contribution in [0.3, 0.4) is 0 Å². The van der Waals surface area contributed by atoms with Gasteiger partial charge in [-0.1, -0.05) is 29.8 Å². The van der Waals surface area contributed by atoms with Crippen molar-refractivity contribution in [3.8, 4) is 0 Å². The highest BCUT2D eigenvalue weighted by atomic mass is 35.5. The Bertz CT molecular complexity index is 794. The van der Waals surface area contributed by atoms with Gasteiger partial charge >= 0.3 is 0 Å². The van der Waals surface area contributed by atoms with E-state index in [1.165, 1.54) is 16.4 Å². The Morgan fingerprint density at radius 1 is 1.17 bits per heavy atom. The van der Waals surface area contributed by atoms with Crippen molar-refractivity contribution in [2.24, 2.45) is 0 Å². The molecule has 8 heteroatoms. The van der Waals surface area contributed by atoms with E-state index in [0.29, 0.717) is 35.2 Å². The minimum Gasteiger partial charge on any atom is -0.207 e. The summed E-state index contributed by atoms with van der Waals surface area (Å²) in [6.45, 7) is 0.803. The zero-order valence-corrected chi connectivity index (χ0v) is 15.3. The lowest BCUT2D eigenvalue weighted by atomic mass is 10.1. The van der Waals surface area contributed by atoms with Crippen molar-refractivity contribution >= 4 is 44.7 Å². The molecule has 3 nitrogen and oxygen atoms in total. The third-order valence-electron chi connectivity index (χ3n) is 3.70. The summed E-state index contributed by atoms with van der Waals surface area (Å²) in [5.41, 5.74) is 0.649. The van der Waals surface area contributed by atoms with Crippen molar-refractivity contribution in [2.75, 3.05) is 18.8 Å². The fraction of sp³-hybridized carbons (Fsp3) is 0.333. The van der Waals surface area contributed by atoms with Gasteiger partial charge in [0.2, 0.25) is 0 Å². The van der Waals surface area contributed by atoms with Crippen LogP contribution in [-0.4, -0.2) is 31.6 Å². The number of thiophene rings is 1. The van der Waals surface area contributed by atoms with Crippen molar-refractivity contribution in [3.63, 3.8) is 0 Å². The van der Waals surface area contributed by atoms with E-state index >= 15 is 0 Å². The number of nitrogens with zero attached hydrogens (tertiary/aromatic N) is 1. The lowest BCUT2D eigenvalue weighted by Gasteiger charge is -2.19. The van der Waals surface area contributed by atoms with E-state index in [1.54, 1.807) is 30.0 Å². The summed E-state index contributed by atoms with van der Waals surface area (Å²) >= 11 is 8.51. The summed E-state index contributed by atoms with van der Waals surface area (Å²) < 4.78 is 41.5. The lowest BCUT2D eigenvalue weighted by molar-refractivity contribution is 0.428. The van der Waals surface area contributed by atoms with Crippen molar-refractivity contribution in [3.05, 3.63) is 52.1 Å². The van der Waals surface area contributed by atoms with Gasteiger partial charge in [-0.15, -0.1) is 11.3 Å². The van der Waals surface area contributed by atoms with Crippen LogP contribution in [0.25, 0.3) is 0 Å². The van der Waals surface area contributed by atoms with Crippen LogP contribution in [0.5, 0.6) is 0 Å². The Morgan fingerprint density at radius 3 is 2.65 bits per heavy atom. The van der Waals surface area contributed by atoms with E-state index in [-0.39, 0.29) is 15.3 Å². The highest BCUT2D eigenvalue weighted by molar-refractivity contribution is 7.99. The van der Waals surface area contributed by atoms with Crippen LogP contribution in [0.15, 0.2) is 40.6 Å². The number of halogens is 2. The van der Waals surface area contributed by atoms with Crippen LogP contribution >= 0.6 is 34.7 Å². The van der Waals surface area contributed by atoms with Gasteiger partial charge in [-0.3, -0.25) is 0 Å². The van der Waals surface area contributed by atoms with Gasteiger partial charge in [-0.2, -0.15) is 16.1 Å². The van der Waals surface area contributed by atoms with Gasteiger partial charge in [0, 0.05) is 29.7 Å². The molecule has 1 atom stereocenters. The minimum atomic E-state index is -3.52. The molecule has 2 heterocycles. The third-order valence-corrected chi connectivity index (χ3v) is 8.60. The predicted octanol–water partition coefficient (Wildman–Crippen LogP) is 4.41. The lowest BCUT2D eigenvalue weighted by Crippen LogP contribution is -2.32. The summed E-state index contributed by atoms with van der Waals surface area (Å²) in [5, 5.41) is -0.0247. The molecule has 1 aromatic carbocycles. The van der Waals surface area contributed by atoms with E-state index < -0.39 is 10.0 Å². The van der Waals surface area contributed by atoms with Crippen LogP contribution in [0.2, 0.25) is 4.34 Å². The van der Waals surface area contributed by atoms with E-state index in [1.807, 2.05) is 6.07 Å². The summed E-state index contributed by atoms with van der Waals surface area (Å²) in [5.74, 6) is 0.406. The van der Waals surface area contributed by atoms with Gasteiger partial charge in [0.25, 0.3) is 10.0 Å². The molecule has 3 rings (SSSR count). The fourth-order valence-electron chi connectivity index (χ4n) is 2.54. The third kappa shape index (κ3) is 3.74. The molecular formula is C15H15ClFNO2S3. The van der Waals surface area contributed by atoms with Gasteiger partial charge in [0.15, 0.2) is 0 Å². The summed E-state index contributed by atoms with van der Waals surface area (Å²) in [6, 6.07) is 9.82. The Balaban J connectivity index is 1.78. The largest absolute Gasteiger partial charge is 0.252 e. The van der Waals surface area contributed by atoms with Gasteiger partial charge in [0.1, 0.15) is 10.0 Å². The molecule has 2 aromatic rings. The number of hydrogen-bond donors (Lipinski definition) is 0. The Hall–Kier alpha value is -0.600. The molecule has 0 aliphatic carbocycles. The highest BCUT2D eigenvalue weighted by Crippen LogP contribution is 2.37. The standard InChI is InChI=1S/C15H15ClFNO2S3/c16-14-5-6-15(22-14)23(19,20)18-8-7-13(21-10-9-18)11-3-1-2-4-12(11)17/h1-6,13H,7-10H2/t13-/m1/s1. The molecule has 0 unspecified atom stereocenters. The second kappa shape index (κ2) is 7.11. The van der Waals surface area contributed by atoms with Gasteiger partial charge in [0.05, 0.1) is 4.34 Å². The van der Waals surface area contributed by atoms with Crippen LogP contribution in [-0.2, 0) is 10.0 Å². The van der Waals surface area contributed by atoms with Crippen LogP contribution < -0.4 is 0 Å². The zero-order valence-electron chi connectivity index (χ0n) is 12.1. The Labute approximate surface area is 148 Å². The zero-order chi connectivity index (χ0) is 16.4. The molecule has 1 aliphatic rings. The maximum atomic E-state index is 13.9. The van der Waals surface area contributed by atoms with Crippen LogP contribution in [0.4, 0.5) is 4.39 Å². The van der Waals surface area contributed by atoms with Gasteiger partial charge in [-0.05, 0) is 24.6 Å². The first-order valence-corrected chi connectivity index (χ1v) is 10.8. The predicted molar refractivity (Wildman–Crippen MR) is 94.3 cm³/mol. The Kier molecular flexibility index (Phi) is 5.32. The summed E-state index contributed by atoms with van der Waals surface area (Å²) in [7, 11) is -3.52. The number of hydrogen-bond acceptors (Lipinski definition) is 4.